The maximum Gasteiger partial charge on any atom is 0.130 e. The third-order valence-electron chi connectivity index (χ3n) is 2.89. The summed E-state index contributed by atoms with van der Waals surface area (Å²) in [5, 5.41) is 9.48. The molecule has 0 bridgehead atoms. The number of nitrogens with zero attached hydrogens (tertiary/aromatic N) is 1. The minimum atomic E-state index is -0.556. The summed E-state index contributed by atoms with van der Waals surface area (Å²) in [6.07, 6.45) is 1.41. The fraction of sp³-hybridized carbons (Fsp3) is 0.500. The number of benzene rings is 1. The number of β-amino-alcohol motifs (C(OH)–C–C–N with tert-alkyl or cyclic N) is 1. The Morgan fingerprint density at radius 3 is 2.88 bits per heavy atom. The number of piperidine rings is 1. The topological polar surface area (TPSA) is 23.5 Å². The van der Waals surface area contributed by atoms with Gasteiger partial charge < -0.3 is 5.11 Å². The first kappa shape index (κ1) is 11.5. The van der Waals surface area contributed by atoms with E-state index in [0.29, 0.717) is 18.7 Å². The van der Waals surface area contributed by atoms with E-state index in [1.807, 2.05) is 4.90 Å². The molecule has 0 aromatic heterocycles. The average Bonchev–Trinajstić information content (AvgIpc) is 2.22. The molecule has 4 heteroatoms. The van der Waals surface area contributed by atoms with Gasteiger partial charge in [-0.3, -0.25) is 4.90 Å². The van der Waals surface area contributed by atoms with Crippen molar-refractivity contribution in [1.82, 2.24) is 4.90 Å². The zero-order chi connectivity index (χ0) is 11.5. The van der Waals surface area contributed by atoms with Gasteiger partial charge in [-0.1, -0.05) is 6.07 Å². The highest BCUT2D eigenvalue weighted by atomic mass is 19.1. The van der Waals surface area contributed by atoms with Gasteiger partial charge in [-0.2, -0.15) is 0 Å². The third-order valence-corrected chi connectivity index (χ3v) is 2.89. The highest BCUT2D eigenvalue weighted by Crippen LogP contribution is 2.16. The lowest BCUT2D eigenvalue weighted by Crippen LogP contribution is -2.37. The van der Waals surface area contributed by atoms with Crippen LogP contribution in [0.25, 0.3) is 0 Å². The molecule has 1 N–H and O–H groups in total. The van der Waals surface area contributed by atoms with E-state index in [9.17, 15) is 13.9 Å². The molecule has 1 aliphatic heterocycles. The Balaban J connectivity index is 2.02. The molecule has 0 unspecified atom stereocenters. The molecule has 1 heterocycles. The van der Waals surface area contributed by atoms with Crippen molar-refractivity contribution < 1.29 is 13.9 Å². The largest absolute Gasteiger partial charge is 0.392 e. The van der Waals surface area contributed by atoms with E-state index in [4.69, 9.17) is 0 Å². The first-order valence-electron chi connectivity index (χ1n) is 5.49. The van der Waals surface area contributed by atoms with Crippen LogP contribution in [0.1, 0.15) is 18.4 Å². The van der Waals surface area contributed by atoms with Crippen LogP contribution in [0.5, 0.6) is 0 Å². The second-order valence-corrected chi connectivity index (χ2v) is 4.27. The molecule has 0 spiro atoms. The Morgan fingerprint density at radius 2 is 2.19 bits per heavy atom. The average molecular weight is 227 g/mol. The minimum Gasteiger partial charge on any atom is -0.392 e. The smallest absolute Gasteiger partial charge is 0.130 e. The van der Waals surface area contributed by atoms with E-state index in [1.54, 1.807) is 0 Å². The van der Waals surface area contributed by atoms with Crippen molar-refractivity contribution in [3.63, 3.8) is 0 Å². The van der Waals surface area contributed by atoms with Crippen molar-refractivity contribution in [3.8, 4) is 0 Å². The van der Waals surface area contributed by atoms with Gasteiger partial charge in [0, 0.05) is 24.7 Å². The molecule has 16 heavy (non-hydrogen) atoms. The fourth-order valence-corrected chi connectivity index (χ4v) is 2.07. The highest BCUT2D eigenvalue weighted by Gasteiger charge is 2.18. The molecule has 0 saturated carbocycles. The van der Waals surface area contributed by atoms with E-state index in [0.717, 1.165) is 25.5 Å². The van der Waals surface area contributed by atoms with Gasteiger partial charge in [0.25, 0.3) is 0 Å². The van der Waals surface area contributed by atoms with Crippen LogP contribution < -0.4 is 0 Å². The van der Waals surface area contributed by atoms with E-state index >= 15 is 0 Å². The molecule has 88 valence electrons. The molecular weight excluding hydrogens is 212 g/mol. The van der Waals surface area contributed by atoms with E-state index in [-0.39, 0.29) is 6.10 Å². The summed E-state index contributed by atoms with van der Waals surface area (Å²) in [6, 6.07) is 3.63. The van der Waals surface area contributed by atoms with E-state index in [2.05, 4.69) is 0 Å². The standard InChI is InChI=1S/C12H15F2NO/c13-10-4-3-9(12(14)6-10)7-15-5-1-2-11(16)8-15/h3-4,6,11,16H,1-2,5,7-8H2/t11-/m1/s1. The normalized spacial score (nSPS) is 22.3. The monoisotopic (exact) mass is 227 g/mol. The fourth-order valence-electron chi connectivity index (χ4n) is 2.07. The third kappa shape index (κ3) is 2.77. The Morgan fingerprint density at radius 1 is 1.38 bits per heavy atom. The molecule has 1 fully saturated rings. The van der Waals surface area contributed by atoms with Crippen LogP contribution in [-0.2, 0) is 6.54 Å². The van der Waals surface area contributed by atoms with Crippen molar-refractivity contribution in [2.24, 2.45) is 0 Å². The number of halogens is 2. The first-order valence-corrected chi connectivity index (χ1v) is 5.49. The van der Waals surface area contributed by atoms with Crippen molar-refractivity contribution >= 4 is 0 Å². The number of hydrogen-bond donors (Lipinski definition) is 1. The molecule has 2 rings (SSSR count). The molecule has 2 nitrogen and oxygen atoms in total. The summed E-state index contributed by atoms with van der Waals surface area (Å²) in [4.78, 5) is 1.99. The number of aliphatic hydroxyl groups excluding tert-OH is 1. The Hall–Kier alpha value is -1.00. The van der Waals surface area contributed by atoms with Crippen LogP contribution in [0.15, 0.2) is 18.2 Å². The van der Waals surface area contributed by atoms with Gasteiger partial charge in [0.05, 0.1) is 6.10 Å². The number of likely N-dealkylation sites (tertiary alicyclic amines) is 1. The molecule has 1 saturated heterocycles. The van der Waals surface area contributed by atoms with E-state index in [1.165, 1.54) is 12.1 Å². The van der Waals surface area contributed by atoms with Crippen molar-refractivity contribution in [3.05, 3.63) is 35.4 Å². The lowest BCUT2D eigenvalue weighted by molar-refractivity contribution is 0.0662. The quantitative estimate of drug-likeness (QED) is 0.834. The maximum atomic E-state index is 13.4. The Labute approximate surface area is 93.5 Å². The molecule has 0 aliphatic carbocycles. The molecule has 0 radical (unpaired) electrons. The number of hydrogen-bond acceptors (Lipinski definition) is 2. The Bertz CT molecular complexity index is 370. The Kier molecular flexibility index (Phi) is 3.51. The molecule has 1 aromatic rings. The van der Waals surface area contributed by atoms with Crippen LogP contribution >= 0.6 is 0 Å². The van der Waals surface area contributed by atoms with Gasteiger partial charge in [-0.25, -0.2) is 8.78 Å². The van der Waals surface area contributed by atoms with Gasteiger partial charge in [0.2, 0.25) is 0 Å². The highest BCUT2D eigenvalue weighted by molar-refractivity contribution is 5.18. The summed E-state index contributed by atoms with van der Waals surface area (Å²) < 4.78 is 26.1. The van der Waals surface area contributed by atoms with Gasteiger partial charge in [-0.15, -0.1) is 0 Å². The van der Waals surface area contributed by atoms with Crippen LogP contribution in [0.4, 0.5) is 8.78 Å². The predicted molar refractivity (Wildman–Crippen MR) is 56.9 cm³/mol. The molecular formula is C12H15F2NO. The lowest BCUT2D eigenvalue weighted by atomic mass is 10.1. The summed E-state index contributed by atoms with van der Waals surface area (Å²) in [6.45, 7) is 1.86. The van der Waals surface area contributed by atoms with Gasteiger partial charge in [-0.05, 0) is 25.5 Å². The molecule has 1 atom stereocenters. The molecule has 1 aromatic carbocycles. The van der Waals surface area contributed by atoms with E-state index < -0.39 is 11.6 Å². The van der Waals surface area contributed by atoms with Crippen LogP contribution in [-0.4, -0.2) is 29.2 Å². The SMILES string of the molecule is O[C@@H]1CCCN(Cc2ccc(F)cc2F)C1. The summed E-state index contributed by atoms with van der Waals surface area (Å²) in [7, 11) is 0. The van der Waals surface area contributed by atoms with Crippen molar-refractivity contribution in [2.45, 2.75) is 25.5 Å². The summed E-state index contributed by atoms with van der Waals surface area (Å²) >= 11 is 0. The van der Waals surface area contributed by atoms with Crippen molar-refractivity contribution in [1.29, 1.82) is 0 Å². The van der Waals surface area contributed by atoms with Crippen molar-refractivity contribution in [2.75, 3.05) is 13.1 Å². The van der Waals surface area contributed by atoms with Crippen LogP contribution in [0, 0.1) is 11.6 Å². The predicted octanol–water partition coefficient (Wildman–Crippen LogP) is 1.92. The maximum absolute atomic E-state index is 13.4. The lowest BCUT2D eigenvalue weighted by Gasteiger charge is -2.30. The van der Waals surface area contributed by atoms with Crippen LogP contribution in [0.3, 0.4) is 0 Å². The number of rotatable bonds is 2. The molecule has 0 amide bonds. The molecule has 1 aliphatic rings. The number of aliphatic hydroxyl groups is 1. The summed E-state index contributed by atoms with van der Waals surface area (Å²) in [5.41, 5.74) is 0.482. The first-order chi connectivity index (χ1) is 7.65. The zero-order valence-corrected chi connectivity index (χ0v) is 9.00. The zero-order valence-electron chi connectivity index (χ0n) is 9.00. The van der Waals surface area contributed by atoms with Gasteiger partial charge >= 0.3 is 0 Å². The summed E-state index contributed by atoms with van der Waals surface area (Å²) in [5.74, 6) is -1.07. The van der Waals surface area contributed by atoms with Gasteiger partial charge in [0.1, 0.15) is 11.6 Å². The minimum absolute atomic E-state index is 0.322. The van der Waals surface area contributed by atoms with Gasteiger partial charge in [0.15, 0.2) is 0 Å². The second-order valence-electron chi connectivity index (χ2n) is 4.27. The second kappa shape index (κ2) is 4.89. The van der Waals surface area contributed by atoms with Crippen LogP contribution in [0.2, 0.25) is 0 Å².